The van der Waals surface area contributed by atoms with E-state index in [-0.39, 0.29) is 34.8 Å². The molecule has 0 bridgehead atoms. The highest BCUT2D eigenvalue weighted by Crippen LogP contribution is 2.39. The van der Waals surface area contributed by atoms with Crippen LogP contribution in [0.15, 0.2) is 51.4 Å². The maximum atomic E-state index is 13.7. The summed E-state index contributed by atoms with van der Waals surface area (Å²) in [6.07, 6.45) is 1.44. The molecule has 5 rings (SSSR count). The minimum Gasteiger partial charge on any atom is -0.500 e. The van der Waals surface area contributed by atoms with Gasteiger partial charge in [-0.05, 0) is 49.2 Å². The molecule has 0 unspecified atom stereocenters. The number of hydrogen-bond donors (Lipinski definition) is 1. The minimum absolute atomic E-state index is 0.0589. The van der Waals surface area contributed by atoms with Crippen LogP contribution in [-0.2, 0) is 9.53 Å². The monoisotopic (exact) mass is 539 g/mol. The van der Waals surface area contributed by atoms with Gasteiger partial charge < -0.3 is 24.1 Å². The number of aromatic nitrogens is 1. The van der Waals surface area contributed by atoms with Crippen molar-refractivity contribution in [1.82, 2.24) is 4.57 Å². The third-order valence-corrected chi connectivity index (χ3v) is 7.00. The zero-order valence-electron chi connectivity index (χ0n) is 20.4. The van der Waals surface area contributed by atoms with Gasteiger partial charge in [0.05, 0.1) is 40.5 Å². The number of nitro groups is 1. The molecular weight excluding hydrogens is 518 g/mol. The Morgan fingerprint density at radius 2 is 2.08 bits per heavy atom. The minimum atomic E-state index is -0.870. The third-order valence-electron chi connectivity index (χ3n) is 6.02. The second-order valence-corrected chi connectivity index (χ2v) is 9.27. The van der Waals surface area contributed by atoms with Gasteiger partial charge in [0.1, 0.15) is 0 Å². The van der Waals surface area contributed by atoms with Crippen molar-refractivity contribution in [2.24, 2.45) is 4.99 Å². The summed E-state index contributed by atoms with van der Waals surface area (Å²) in [6, 6.07) is 6.79. The Hall–Kier alpha value is -4.65. The molecule has 3 heterocycles. The summed E-state index contributed by atoms with van der Waals surface area (Å²) in [5, 5.41) is 21.5. The van der Waals surface area contributed by atoms with E-state index in [0.717, 1.165) is 17.4 Å². The van der Waals surface area contributed by atoms with Crippen LogP contribution in [0, 0.1) is 10.1 Å². The van der Waals surface area contributed by atoms with Crippen LogP contribution in [0.1, 0.15) is 31.0 Å². The van der Waals surface area contributed by atoms with Crippen LogP contribution in [0.5, 0.6) is 23.0 Å². The van der Waals surface area contributed by atoms with Gasteiger partial charge in [0, 0.05) is 6.07 Å². The van der Waals surface area contributed by atoms with Crippen molar-refractivity contribution in [2.45, 2.75) is 19.9 Å². The number of phenols is 1. The number of ether oxygens (including phenoxy) is 4. The summed E-state index contributed by atoms with van der Waals surface area (Å²) >= 11 is 1.06. The molecule has 1 N–H and O–H groups in total. The van der Waals surface area contributed by atoms with Crippen molar-refractivity contribution < 1.29 is 33.8 Å². The molecule has 196 valence electrons. The molecular formula is C25H21N3O9S. The maximum absolute atomic E-state index is 13.7. The van der Waals surface area contributed by atoms with Crippen molar-refractivity contribution in [2.75, 3.05) is 20.5 Å². The van der Waals surface area contributed by atoms with Crippen LogP contribution in [0.4, 0.5) is 5.69 Å². The SMILES string of the molecule is CCOC(=O)C1=C(C)N=c2s/c(=C\c3cc(OC)c(O)c([N+](=O)[O-])c3)c(=O)n2[C@H]1c1ccc2c(c1)OCO2. The fourth-order valence-corrected chi connectivity index (χ4v) is 5.38. The number of nitro benzene ring substituents is 1. The summed E-state index contributed by atoms with van der Waals surface area (Å²) in [4.78, 5) is 42.3. The topological polar surface area (TPSA) is 152 Å². The average Bonchev–Trinajstić information content (AvgIpc) is 3.47. The predicted molar refractivity (Wildman–Crippen MR) is 134 cm³/mol. The standard InChI is InChI=1S/C25H21N3O9S/c1-4-35-24(31)20-12(2)26-25-27(21(20)14-5-6-16-17(10-14)37-11-36-16)23(30)19(38-25)9-13-7-15(28(32)33)22(29)18(8-13)34-3/h5-10,21,29H,4,11H2,1-3H3/b19-9-/t21-/m0/s1. The molecule has 0 fully saturated rings. The molecule has 0 amide bonds. The van der Waals surface area contributed by atoms with E-state index in [9.17, 15) is 24.8 Å². The summed E-state index contributed by atoms with van der Waals surface area (Å²) in [5.74, 6) is -0.316. The third kappa shape index (κ3) is 4.16. The van der Waals surface area contributed by atoms with E-state index in [1.807, 2.05) is 0 Å². The highest BCUT2D eigenvalue weighted by molar-refractivity contribution is 7.07. The molecule has 0 saturated carbocycles. The molecule has 13 heteroatoms. The van der Waals surface area contributed by atoms with E-state index in [1.165, 1.54) is 23.8 Å². The molecule has 0 saturated heterocycles. The number of aromatic hydroxyl groups is 1. The number of phenolic OH excluding ortho intramolecular Hbond substituents is 1. The Morgan fingerprint density at radius 3 is 2.79 bits per heavy atom. The summed E-state index contributed by atoms with van der Waals surface area (Å²) in [5.41, 5.74) is 0.397. The fourth-order valence-electron chi connectivity index (χ4n) is 4.33. The number of thiazole rings is 1. The molecule has 2 aliphatic rings. The van der Waals surface area contributed by atoms with Gasteiger partial charge in [0.15, 0.2) is 22.0 Å². The van der Waals surface area contributed by atoms with E-state index in [2.05, 4.69) is 4.99 Å². The number of methoxy groups -OCH3 is 1. The van der Waals surface area contributed by atoms with E-state index >= 15 is 0 Å². The number of allylic oxidation sites excluding steroid dienone is 1. The number of esters is 1. The molecule has 1 atom stereocenters. The molecule has 3 aromatic rings. The summed E-state index contributed by atoms with van der Waals surface area (Å²) < 4.78 is 22.9. The van der Waals surface area contributed by atoms with Crippen LogP contribution >= 0.6 is 11.3 Å². The highest BCUT2D eigenvalue weighted by Gasteiger charge is 2.34. The number of fused-ring (bicyclic) bond motifs is 2. The summed E-state index contributed by atoms with van der Waals surface area (Å²) in [7, 11) is 1.27. The van der Waals surface area contributed by atoms with E-state index in [0.29, 0.717) is 27.6 Å². The summed E-state index contributed by atoms with van der Waals surface area (Å²) in [6.45, 7) is 3.54. The first-order valence-corrected chi connectivity index (χ1v) is 12.2. The molecule has 12 nitrogen and oxygen atoms in total. The number of rotatable bonds is 6. The van der Waals surface area contributed by atoms with Crippen molar-refractivity contribution >= 4 is 29.1 Å². The molecule has 0 radical (unpaired) electrons. The first-order chi connectivity index (χ1) is 18.2. The quantitative estimate of drug-likeness (QED) is 0.282. The Kier molecular flexibility index (Phi) is 6.36. The Bertz CT molecular complexity index is 1700. The van der Waals surface area contributed by atoms with Crippen LogP contribution in [0.3, 0.4) is 0 Å². The maximum Gasteiger partial charge on any atom is 0.338 e. The van der Waals surface area contributed by atoms with Crippen molar-refractivity contribution in [3.8, 4) is 23.0 Å². The van der Waals surface area contributed by atoms with Crippen LogP contribution in [0.2, 0.25) is 0 Å². The smallest absolute Gasteiger partial charge is 0.338 e. The number of hydrogen-bond acceptors (Lipinski definition) is 11. The van der Waals surface area contributed by atoms with E-state index in [1.54, 1.807) is 32.0 Å². The van der Waals surface area contributed by atoms with Crippen LogP contribution in [-0.4, -0.2) is 41.1 Å². The van der Waals surface area contributed by atoms with Crippen molar-refractivity contribution in [3.63, 3.8) is 0 Å². The normalized spacial score (nSPS) is 16.2. The lowest BCUT2D eigenvalue weighted by molar-refractivity contribution is -0.386. The molecule has 0 aliphatic carbocycles. The van der Waals surface area contributed by atoms with E-state index in [4.69, 9.17) is 18.9 Å². The lowest BCUT2D eigenvalue weighted by Gasteiger charge is -2.24. The molecule has 38 heavy (non-hydrogen) atoms. The van der Waals surface area contributed by atoms with Gasteiger partial charge in [-0.1, -0.05) is 17.4 Å². The van der Waals surface area contributed by atoms with E-state index < -0.39 is 33.9 Å². The first kappa shape index (κ1) is 25.0. The van der Waals surface area contributed by atoms with Crippen molar-refractivity contribution in [1.29, 1.82) is 0 Å². The predicted octanol–water partition coefficient (Wildman–Crippen LogP) is 2.15. The second-order valence-electron chi connectivity index (χ2n) is 8.26. The number of carbonyl (C=O) groups is 1. The van der Waals surface area contributed by atoms with Gasteiger partial charge in [0.2, 0.25) is 12.5 Å². The van der Waals surface area contributed by atoms with Gasteiger partial charge in [-0.25, -0.2) is 9.79 Å². The Balaban J connectivity index is 1.73. The zero-order valence-corrected chi connectivity index (χ0v) is 21.2. The first-order valence-electron chi connectivity index (χ1n) is 11.4. The average molecular weight is 540 g/mol. The molecule has 1 aromatic heterocycles. The molecule has 2 aliphatic heterocycles. The number of nitrogens with zero attached hydrogens (tertiary/aromatic N) is 3. The lowest BCUT2D eigenvalue weighted by Crippen LogP contribution is -2.39. The zero-order chi connectivity index (χ0) is 27.1. The van der Waals surface area contributed by atoms with Gasteiger partial charge in [-0.3, -0.25) is 19.5 Å². The van der Waals surface area contributed by atoms with Gasteiger partial charge in [0.25, 0.3) is 5.56 Å². The Morgan fingerprint density at radius 1 is 1.32 bits per heavy atom. The Labute approximate surface area is 218 Å². The molecule has 2 aromatic carbocycles. The lowest BCUT2D eigenvalue weighted by atomic mass is 9.95. The van der Waals surface area contributed by atoms with Gasteiger partial charge in [-0.2, -0.15) is 0 Å². The largest absolute Gasteiger partial charge is 0.500 e. The highest BCUT2D eigenvalue weighted by atomic mass is 32.1. The van der Waals surface area contributed by atoms with Gasteiger partial charge in [-0.15, -0.1) is 0 Å². The van der Waals surface area contributed by atoms with Crippen molar-refractivity contribution in [3.05, 3.63) is 82.5 Å². The molecule has 0 spiro atoms. The van der Waals surface area contributed by atoms with Crippen LogP contribution in [0.25, 0.3) is 6.08 Å². The fraction of sp³-hybridized carbons (Fsp3) is 0.240. The van der Waals surface area contributed by atoms with Crippen LogP contribution < -0.4 is 29.1 Å². The van der Waals surface area contributed by atoms with Gasteiger partial charge >= 0.3 is 11.7 Å². The number of benzene rings is 2. The second kappa shape index (κ2) is 9.67. The number of carbonyl (C=O) groups excluding carboxylic acids is 1.